The lowest BCUT2D eigenvalue weighted by Gasteiger charge is -2.37. The number of fused-ring (bicyclic) bond motifs is 1. The van der Waals surface area contributed by atoms with Crippen molar-refractivity contribution in [3.05, 3.63) is 60.0 Å². The van der Waals surface area contributed by atoms with Gasteiger partial charge in [-0.25, -0.2) is 19.6 Å². The minimum absolute atomic E-state index is 0.244. The first kappa shape index (κ1) is 25.0. The highest BCUT2D eigenvalue weighted by atomic mass is 32.2. The third-order valence-electron chi connectivity index (χ3n) is 6.75. The molecule has 37 heavy (non-hydrogen) atoms. The van der Waals surface area contributed by atoms with Gasteiger partial charge in [0.25, 0.3) is 5.91 Å². The number of nitrogens with zero attached hydrogens (tertiary/aromatic N) is 6. The van der Waals surface area contributed by atoms with Gasteiger partial charge in [-0.3, -0.25) is 4.79 Å². The first-order valence-corrected chi connectivity index (χ1v) is 13.1. The van der Waals surface area contributed by atoms with E-state index in [4.69, 9.17) is 19.8 Å². The van der Waals surface area contributed by atoms with Crippen molar-refractivity contribution < 1.29 is 9.53 Å². The van der Waals surface area contributed by atoms with Gasteiger partial charge in [0.2, 0.25) is 0 Å². The SMILES string of the molecule is CNC(=O)c1ncccc1Sc1nn(Cc2ccc(OC)cc2)c2nc(N3CCC(C)(C)CC3)cnc12. The summed E-state index contributed by atoms with van der Waals surface area (Å²) in [4.78, 5) is 29.6. The monoisotopic (exact) mass is 517 g/mol. The zero-order valence-corrected chi connectivity index (χ0v) is 22.4. The molecule has 0 spiro atoms. The molecule has 1 N–H and O–H groups in total. The summed E-state index contributed by atoms with van der Waals surface area (Å²) in [6, 6.07) is 11.6. The van der Waals surface area contributed by atoms with Gasteiger partial charge < -0.3 is 15.0 Å². The molecule has 0 radical (unpaired) electrons. The van der Waals surface area contributed by atoms with Crippen LogP contribution in [0.5, 0.6) is 5.75 Å². The summed E-state index contributed by atoms with van der Waals surface area (Å²) in [5.41, 5.74) is 3.19. The van der Waals surface area contributed by atoms with Crippen LogP contribution < -0.4 is 15.0 Å². The van der Waals surface area contributed by atoms with E-state index < -0.39 is 0 Å². The van der Waals surface area contributed by atoms with E-state index in [9.17, 15) is 4.79 Å². The molecular weight excluding hydrogens is 486 g/mol. The maximum atomic E-state index is 12.4. The van der Waals surface area contributed by atoms with Gasteiger partial charge in [-0.2, -0.15) is 5.10 Å². The number of rotatable bonds is 7. The van der Waals surface area contributed by atoms with Gasteiger partial charge in [-0.15, -0.1) is 0 Å². The highest BCUT2D eigenvalue weighted by molar-refractivity contribution is 7.99. The molecule has 192 valence electrons. The van der Waals surface area contributed by atoms with E-state index >= 15 is 0 Å². The summed E-state index contributed by atoms with van der Waals surface area (Å²) in [7, 11) is 3.25. The molecule has 0 aliphatic carbocycles. The zero-order chi connectivity index (χ0) is 26.0. The number of methoxy groups -OCH3 is 1. The van der Waals surface area contributed by atoms with Crippen LogP contribution in [0.3, 0.4) is 0 Å². The highest BCUT2D eigenvalue weighted by Crippen LogP contribution is 2.35. The number of pyridine rings is 1. The number of carbonyl (C=O) groups is 1. The quantitative estimate of drug-likeness (QED) is 0.385. The van der Waals surface area contributed by atoms with Gasteiger partial charge in [0, 0.05) is 31.2 Å². The first-order chi connectivity index (χ1) is 17.9. The minimum Gasteiger partial charge on any atom is -0.497 e. The Balaban J connectivity index is 1.53. The molecule has 1 fully saturated rings. The van der Waals surface area contributed by atoms with E-state index in [0.717, 1.165) is 43.1 Å². The Hall–Kier alpha value is -3.66. The van der Waals surface area contributed by atoms with Crippen LogP contribution in [0.15, 0.2) is 58.7 Å². The normalized spacial score (nSPS) is 15.1. The summed E-state index contributed by atoms with van der Waals surface area (Å²) >= 11 is 1.37. The highest BCUT2D eigenvalue weighted by Gasteiger charge is 2.27. The average Bonchev–Trinajstić information content (AvgIpc) is 3.25. The second-order valence-corrected chi connectivity index (χ2v) is 10.9. The number of nitrogens with one attached hydrogen (secondary N) is 1. The second kappa shape index (κ2) is 10.4. The van der Waals surface area contributed by atoms with Crippen LogP contribution in [0.4, 0.5) is 5.82 Å². The predicted octanol–water partition coefficient (Wildman–Crippen LogP) is 4.42. The smallest absolute Gasteiger partial charge is 0.270 e. The number of benzene rings is 1. The molecule has 1 amide bonds. The Morgan fingerprint density at radius 3 is 2.59 bits per heavy atom. The number of hydrogen-bond acceptors (Lipinski definition) is 8. The molecule has 3 aromatic heterocycles. The summed E-state index contributed by atoms with van der Waals surface area (Å²) in [6.45, 7) is 7.07. The summed E-state index contributed by atoms with van der Waals surface area (Å²) < 4.78 is 7.19. The molecule has 0 saturated carbocycles. The van der Waals surface area contributed by atoms with Gasteiger partial charge in [0.1, 0.15) is 22.8 Å². The topological polar surface area (TPSA) is 98.1 Å². The summed E-state index contributed by atoms with van der Waals surface area (Å²) in [5.74, 6) is 1.42. The van der Waals surface area contributed by atoms with E-state index in [0.29, 0.717) is 38.7 Å². The molecule has 0 bridgehead atoms. The number of amides is 1. The number of anilines is 1. The molecule has 1 aromatic carbocycles. The van der Waals surface area contributed by atoms with Gasteiger partial charge in [0.05, 0.1) is 19.9 Å². The van der Waals surface area contributed by atoms with Gasteiger partial charge in [0.15, 0.2) is 10.7 Å². The maximum Gasteiger partial charge on any atom is 0.270 e. The summed E-state index contributed by atoms with van der Waals surface area (Å²) in [6.07, 6.45) is 5.68. The van der Waals surface area contributed by atoms with Crippen LogP contribution >= 0.6 is 11.8 Å². The molecule has 10 heteroatoms. The van der Waals surface area contributed by atoms with Crippen molar-refractivity contribution in [1.29, 1.82) is 0 Å². The van der Waals surface area contributed by atoms with Crippen molar-refractivity contribution in [2.45, 2.75) is 43.2 Å². The van der Waals surface area contributed by atoms with E-state index in [1.807, 2.05) is 47.3 Å². The molecule has 1 aliphatic rings. The largest absolute Gasteiger partial charge is 0.497 e. The lowest BCUT2D eigenvalue weighted by atomic mass is 9.83. The lowest BCUT2D eigenvalue weighted by Crippen LogP contribution is -2.37. The molecule has 1 aliphatic heterocycles. The van der Waals surface area contributed by atoms with Crippen molar-refractivity contribution >= 4 is 34.7 Å². The maximum absolute atomic E-state index is 12.4. The Morgan fingerprint density at radius 2 is 1.89 bits per heavy atom. The standard InChI is InChI=1S/C27H31N7O2S/c1-27(2)11-14-33(15-12-27)21-16-30-23-24(31-21)34(17-18-7-9-19(36-4)10-8-18)32-26(23)37-20-6-5-13-29-22(20)25(35)28-3/h5-10,13,16H,11-12,14-15,17H2,1-4H3,(H,28,35). The molecule has 1 saturated heterocycles. The summed E-state index contributed by atoms with van der Waals surface area (Å²) in [5, 5.41) is 8.24. The fourth-order valence-electron chi connectivity index (χ4n) is 4.35. The molecule has 0 atom stereocenters. The second-order valence-electron chi connectivity index (χ2n) is 9.89. The van der Waals surface area contributed by atoms with E-state index in [2.05, 4.69) is 29.0 Å². The van der Waals surface area contributed by atoms with Crippen LogP contribution in [-0.4, -0.2) is 57.9 Å². The number of carbonyl (C=O) groups excluding carboxylic acids is 1. The lowest BCUT2D eigenvalue weighted by molar-refractivity contribution is 0.0955. The Morgan fingerprint density at radius 1 is 1.14 bits per heavy atom. The van der Waals surface area contributed by atoms with Gasteiger partial charge in [-0.1, -0.05) is 37.7 Å². The first-order valence-electron chi connectivity index (χ1n) is 12.3. The van der Waals surface area contributed by atoms with Crippen LogP contribution in [-0.2, 0) is 6.54 Å². The molecule has 4 aromatic rings. The Bertz CT molecular complexity index is 1410. The third-order valence-corrected chi connectivity index (χ3v) is 7.77. The zero-order valence-electron chi connectivity index (χ0n) is 21.6. The van der Waals surface area contributed by atoms with Crippen LogP contribution in [0.2, 0.25) is 0 Å². The van der Waals surface area contributed by atoms with Crippen molar-refractivity contribution in [3.63, 3.8) is 0 Å². The minimum atomic E-state index is -0.244. The van der Waals surface area contributed by atoms with Crippen molar-refractivity contribution in [2.24, 2.45) is 5.41 Å². The molecule has 0 unspecified atom stereocenters. The van der Waals surface area contributed by atoms with Gasteiger partial charge >= 0.3 is 0 Å². The van der Waals surface area contributed by atoms with E-state index in [1.165, 1.54) is 11.8 Å². The van der Waals surface area contributed by atoms with Crippen molar-refractivity contribution in [2.75, 3.05) is 32.1 Å². The van der Waals surface area contributed by atoms with E-state index in [-0.39, 0.29) is 5.91 Å². The third kappa shape index (κ3) is 5.39. The fraction of sp³-hybridized carbons (Fsp3) is 0.370. The van der Waals surface area contributed by atoms with Crippen molar-refractivity contribution in [1.82, 2.24) is 30.0 Å². The number of ether oxygens (including phenoxy) is 1. The average molecular weight is 518 g/mol. The predicted molar refractivity (Wildman–Crippen MR) is 144 cm³/mol. The van der Waals surface area contributed by atoms with Gasteiger partial charge in [-0.05, 0) is 48.1 Å². The number of piperidine rings is 1. The molecular formula is C27H31N7O2S. The van der Waals surface area contributed by atoms with Crippen LogP contribution in [0, 0.1) is 5.41 Å². The van der Waals surface area contributed by atoms with Crippen LogP contribution in [0.25, 0.3) is 11.2 Å². The number of hydrogen-bond donors (Lipinski definition) is 1. The molecule has 4 heterocycles. The Kier molecular flexibility index (Phi) is 7.01. The Labute approximate surface area is 220 Å². The van der Waals surface area contributed by atoms with E-state index in [1.54, 1.807) is 20.4 Å². The molecule has 9 nitrogen and oxygen atoms in total. The van der Waals surface area contributed by atoms with Crippen LogP contribution in [0.1, 0.15) is 42.7 Å². The molecule has 5 rings (SSSR count). The number of aromatic nitrogens is 5. The fourth-order valence-corrected chi connectivity index (χ4v) is 5.32. The van der Waals surface area contributed by atoms with Crippen molar-refractivity contribution in [3.8, 4) is 5.75 Å².